The summed E-state index contributed by atoms with van der Waals surface area (Å²) in [5.74, 6) is -0.405. The van der Waals surface area contributed by atoms with E-state index in [4.69, 9.17) is 0 Å². The van der Waals surface area contributed by atoms with Gasteiger partial charge in [0.05, 0.1) is 6.04 Å². The lowest BCUT2D eigenvalue weighted by molar-refractivity contribution is -0.121. The Bertz CT molecular complexity index is 473. The molecule has 1 N–H and O–H groups in total. The second-order valence-corrected chi connectivity index (χ2v) is 4.70. The molecule has 1 saturated heterocycles. The Balaban J connectivity index is 1.99. The van der Waals surface area contributed by atoms with Crippen molar-refractivity contribution in [2.75, 3.05) is 11.4 Å². The van der Waals surface area contributed by atoms with Crippen molar-refractivity contribution in [3.63, 3.8) is 0 Å². The molecule has 0 radical (unpaired) electrons. The van der Waals surface area contributed by atoms with Gasteiger partial charge in [0.15, 0.2) is 0 Å². The Morgan fingerprint density at radius 3 is 2.74 bits per heavy atom. The first-order valence-corrected chi connectivity index (χ1v) is 6.45. The predicted molar refractivity (Wildman–Crippen MR) is 70.2 cm³/mol. The average Bonchev–Trinajstić information content (AvgIpc) is 2.71. The Hall–Kier alpha value is -1.91. The lowest BCUT2D eigenvalue weighted by Gasteiger charge is -2.17. The van der Waals surface area contributed by atoms with Crippen molar-refractivity contribution < 1.29 is 14.0 Å². The van der Waals surface area contributed by atoms with Crippen LogP contribution in [0.5, 0.6) is 0 Å². The van der Waals surface area contributed by atoms with Crippen LogP contribution in [-0.2, 0) is 9.59 Å². The Morgan fingerprint density at radius 2 is 2.11 bits per heavy atom. The average molecular weight is 264 g/mol. The van der Waals surface area contributed by atoms with Gasteiger partial charge in [-0.25, -0.2) is 4.39 Å². The third kappa shape index (κ3) is 3.30. The van der Waals surface area contributed by atoms with Crippen molar-refractivity contribution in [3.8, 4) is 0 Å². The Labute approximate surface area is 111 Å². The van der Waals surface area contributed by atoms with E-state index in [0.717, 1.165) is 6.42 Å². The van der Waals surface area contributed by atoms with Crippen LogP contribution in [0, 0.1) is 5.82 Å². The van der Waals surface area contributed by atoms with E-state index in [2.05, 4.69) is 5.32 Å². The SMILES string of the molecule is CCCC(=O)N[C@@H]1CC(=O)N(c2ccc(F)cc2)C1. The fourth-order valence-electron chi connectivity index (χ4n) is 2.20. The monoisotopic (exact) mass is 264 g/mol. The molecular formula is C14H17FN2O2. The third-order valence-corrected chi connectivity index (χ3v) is 3.11. The molecule has 1 atom stereocenters. The lowest BCUT2D eigenvalue weighted by atomic mass is 10.2. The van der Waals surface area contributed by atoms with E-state index in [1.807, 2.05) is 6.92 Å². The largest absolute Gasteiger partial charge is 0.351 e. The van der Waals surface area contributed by atoms with Gasteiger partial charge in [-0.1, -0.05) is 6.92 Å². The second-order valence-electron chi connectivity index (χ2n) is 4.70. The number of carbonyl (C=O) groups is 2. The summed E-state index contributed by atoms with van der Waals surface area (Å²) in [6.45, 7) is 2.38. The van der Waals surface area contributed by atoms with E-state index >= 15 is 0 Å². The summed E-state index contributed by atoms with van der Waals surface area (Å²) < 4.78 is 12.8. The molecule has 0 aromatic heterocycles. The van der Waals surface area contributed by atoms with Crippen LogP contribution in [0.25, 0.3) is 0 Å². The minimum absolute atomic E-state index is 0.0266. The van der Waals surface area contributed by atoms with Gasteiger partial charge in [-0.15, -0.1) is 0 Å². The predicted octanol–water partition coefficient (Wildman–Crippen LogP) is 1.85. The van der Waals surface area contributed by atoms with E-state index in [0.29, 0.717) is 25.1 Å². The highest BCUT2D eigenvalue weighted by molar-refractivity contribution is 5.96. The number of nitrogens with one attached hydrogen (secondary N) is 1. The van der Waals surface area contributed by atoms with Crippen LogP contribution in [0.1, 0.15) is 26.2 Å². The maximum atomic E-state index is 12.8. The highest BCUT2D eigenvalue weighted by atomic mass is 19.1. The van der Waals surface area contributed by atoms with E-state index in [1.54, 1.807) is 17.0 Å². The molecule has 0 spiro atoms. The summed E-state index contributed by atoms with van der Waals surface area (Å²) in [6, 6.07) is 5.64. The van der Waals surface area contributed by atoms with Gasteiger partial charge in [-0.3, -0.25) is 9.59 Å². The van der Waals surface area contributed by atoms with Gasteiger partial charge in [0.1, 0.15) is 5.82 Å². The number of anilines is 1. The van der Waals surface area contributed by atoms with Crippen LogP contribution < -0.4 is 10.2 Å². The summed E-state index contributed by atoms with van der Waals surface area (Å²) >= 11 is 0. The molecule has 2 rings (SSSR count). The number of nitrogens with zero attached hydrogens (tertiary/aromatic N) is 1. The van der Waals surface area contributed by atoms with Crippen molar-refractivity contribution in [1.82, 2.24) is 5.32 Å². The number of carbonyl (C=O) groups excluding carboxylic acids is 2. The molecule has 0 bridgehead atoms. The van der Waals surface area contributed by atoms with Crippen molar-refractivity contribution in [1.29, 1.82) is 0 Å². The zero-order valence-electron chi connectivity index (χ0n) is 10.9. The molecule has 1 aromatic carbocycles. The maximum Gasteiger partial charge on any atom is 0.229 e. The number of halogens is 1. The van der Waals surface area contributed by atoms with Crippen LogP contribution in [0.4, 0.5) is 10.1 Å². The molecule has 4 nitrogen and oxygen atoms in total. The van der Waals surface area contributed by atoms with E-state index in [1.165, 1.54) is 12.1 Å². The first-order chi connectivity index (χ1) is 9.10. The molecule has 1 aromatic rings. The van der Waals surface area contributed by atoms with E-state index < -0.39 is 0 Å². The standard InChI is InChI=1S/C14H17FN2O2/c1-2-3-13(18)16-11-8-14(19)17(9-11)12-6-4-10(15)5-7-12/h4-7,11H,2-3,8-9H2,1H3,(H,16,18)/t11-/m1/s1. The van der Waals surface area contributed by atoms with Crippen LogP contribution in [-0.4, -0.2) is 24.4 Å². The van der Waals surface area contributed by atoms with Crippen LogP contribution >= 0.6 is 0 Å². The van der Waals surface area contributed by atoms with Gasteiger partial charge in [-0.2, -0.15) is 0 Å². The van der Waals surface area contributed by atoms with E-state index in [9.17, 15) is 14.0 Å². The molecule has 102 valence electrons. The highest BCUT2D eigenvalue weighted by Gasteiger charge is 2.31. The molecule has 1 aliphatic rings. The topological polar surface area (TPSA) is 49.4 Å². The van der Waals surface area contributed by atoms with Crippen LogP contribution in [0.2, 0.25) is 0 Å². The van der Waals surface area contributed by atoms with Crippen molar-refractivity contribution in [3.05, 3.63) is 30.1 Å². The number of rotatable bonds is 4. The molecule has 1 fully saturated rings. The molecule has 1 heterocycles. The normalized spacial score (nSPS) is 18.7. The molecule has 0 saturated carbocycles. The molecule has 2 amide bonds. The van der Waals surface area contributed by atoms with Crippen molar-refractivity contribution in [2.45, 2.75) is 32.2 Å². The van der Waals surface area contributed by atoms with Gasteiger partial charge < -0.3 is 10.2 Å². The summed E-state index contributed by atoms with van der Waals surface area (Å²) in [5.41, 5.74) is 0.665. The fraction of sp³-hybridized carbons (Fsp3) is 0.429. The van der Waals surface area contributed by atoms with Crippen LogP contribution in [0.3, 0.4) is 0 Å². The van der Waals surface area contributed by atoms with Gasteiger partial charge in [0.2, 0.25) is 11.8 Å². The first kappa shape index (κ1) is 13.5. The molecule has 19 heavy (non-hydrogen) atoms. The Kier molecular flexibility index (Phi) is 4.14. The lowest BCUT2D eigenvalue weighted by Crippen LogP contribution is -2.36. The third-order valence-electron chi connectivity index (χ3n) is 3.11. The van der Waals surface area contributed by atoms with Gasteiger partial charge in [0.25, 0.3) is 0 Å². The Morgan fingerprint density at radius 1 is 1.42 bits per heavy atom. The second kappa shape index (κ2) is 5.82. The number of benzene rings is 1. The minimum Gasteiger partial charge on any atom is -0.351 e. The number of amides is 2. The molecule has 0 aliphatic carbocycles. The fourth-order valence-corrected chi connectivity index (χ4v) is 2.20. The molecule has 5 heteroatoms. The van der Waals surface area contributed by atoms with Crippen LogP contribution in [0.15, 0.2) is 24.3 Å². The minimum atomic E-state index is -0.330. The molecular weight excluding hydrogens is 247 g/mol. The summed E-state index contributed by atoms with van der Waals surface area (Å²) in [4.78, 5) is 25.0. The quantitative estimate of drug-likeness (QED) is 0.902. The molecule has 0 unspecified atom stereocenters. The summed E-state index contributed by atoms with van der Waals surface area (Å²) in [7, 11) is 0. The van der Waals surface area contributed by atoms with Crippen molar-refractivity contribution >= 4 is 17.5 Å². The summed E-state index contributed by atoms with van der Waals surface area (Å²) in [5, 5.41) is 2.85. The summed E-state index contributed by atoms with van der Waals surface area (Å²) in [6.07, 6.45) is 1.56. The van der Waals surface area contributed by atoms with E-state index in [-0.39, 0.29) is 23.7 Å². The number of hydrogen-bond acceptors (Lipinski definition) is 2. The zero-order valence-corrected chi connectivity index (χ0v) is 10.9. The van der Waals surface area contributed by atoms with Gasteiger partial charge in [0, 0.05) is 25.1 Å². The van der Waals surface area contributed by atoms with Gasteiger partial charge in [-0.05, 0) is 30.7 Å². The van der Waals surface area contributed by atoms with Gasteiger partial charge >= 0.3 is 0 Å². The number of hydrogen-bond donors (Lipinski definition) is 1. The maximum absolute atomic E-state index is 12.8. The zero-order chi connectivity index (χ0) is 13.8. The molecule has 1 aliphatic heterocycles. The first-order valence-electron chi connectivity index (χ1n) is 6.45. The smallest absolute Gasteiger partial charge is 0.229 e. The highest BCUT2D eigenvalue weighted by Crippen LogP contribution is 2.21. The van der Waals surface area contributed by atoms with Crippen molar-refractivity contribution in [2.24, 2.45) is 0 Å².